The van der Waals surface area contributed by atoms with Gasteiger partial charge >= 0.3 is 0 Å². The maximum Gasteiger partial charge on any atom is 0.223 e. The molecule has 2 fully saturated rings. The second kappa shape index (κ2) is 8.65. The van der Waals surface area contributed by atoms with Crippen molar-refractivity contribution in [3.63, 3.8) is 0 Å². The van der Waals surface area contributed by atoms with Crippen molar-refractivity contribution in [3.05, 3.63) is 42.2 Å². The first-order valence-corrected chi connectivity index (χ1v) is 9.93. The maximum atomic E-state index is 13.0. The van der Waals surface area contributed by atoms with E-state index in [0.717, 1.165) is 56.8 Å². The lowest BCUT2D eigenvalue weighted by molar-refractivity contribution is -0.126. The quantitative estimate of drug-likeness (QED) is 0.859. The first-order valence-electron chi connectivity index (χ1n) is 9.93. The zero-order chi connectivity index (χ0) is 19.3. The maximum absolute atomic E-state index is 13.0. The summed E-state index contributed by atoms with van der Waals surface area (Å²) >= 11 is 0. The number of anilines is 1. The first-order chi connectivity index (χ1) is 13.7. The van der Waals surface area contributed by atoms with Crippen LogP contribution in [0, 0.1) is 11.7 Å². The van der Waals surface area contributed by atoms with Gasteiger partial charge in [0.25, 0.3) is 0 Å². The highest BCUT2D eigenvalue weighted by Gasteiger charge is 2.26. The van der Waals surface area contributed by atoms with Crippen LogP contribution < -0.4 is 10.2 Å². The number of benzene rings is 1. The predicted octanol–water partition coefficient (Wildman–Crippen LogP) is 2.79. The molecule has 2 aromatic rings. The number of hydrogen-bond acceptors (Lipinski definition) is 5. The number of hydrogen-bond donors (Lipinski definition) is 1. The fourth-order valence-corrected chi connectivity index (χ4v) is 3.80. The van der Waals surface area contributed by atoms with Crippen LogP contribution in [0.1, 0.15) is 25.7 Å². The molecule has 1 atom stereocenters. The molecule has 0 radical (unpaired) electrons. The van der Waals surface area contributed by atoms with Crippen LogP contribution in [0.15, 0.2) is 36.4 Å². The number of ether oxygens (including phenoxy) is 1. The largest absolute Gasteiger partial charge is 0.376 e. The highest BCUT2D eigenvalue weighted by molar-refractivity contribution is 5.79. The fraction of sp³-hybridized carbons (Fsp3) is 0.476. The van der Waals surface area contributed by atoms with Crippen molar-refractivity contribution in [1.29, 1.82) is 0 Å². The molecule has 6 nitrogen and oxygen atoms in total. The van der Waals surface area contributed by atoms with Crippen LogP contribution in [0.3, 0.4) is 0 Å². The average Bonchev–Trinajstić information content (AvgIpc) is 3.27. The topological polar surface area (TPSA) is 67.3 Å². The summed E-state index contributed by atoms with van der Waals surface area (Å²) in [4.78, 5) is 14.5. The van der Waals surface area contributed by atoms with E-state index in [4.69, 9.17) is 4.74 Å². The molecular formula is C21H25FN4O2. The van der Waals surface area contributed by atoms with Gasteiger partial charge in [0.15, 0.2) is 5.82 Å². The van der Waals surface area contributed by atoms with Gasteiger partial charge in [0.1, 0.15) is 5.82 Å². The Morgan fingerprint density at radius 3 is 2.54 bits per heavy atom. The van der Waals surface area contributed by atoms with Gasteiger partial charge in [-0.05, 0) is 62.1 Å². The lowest BCUT2D eigenvalue weighted by Gasteiger charge is -2.32. The van der Waals surface area contributed by atoms with Crippen molar-refractivity contribution in [2.45, 2.75) is 31.8 Å². The van der Waals surface area contributed by atoms with Crippen LogP contribution >= 0.6 is 0 Å². The lowest BCUT2D eigenvalue weighted by atomic mass is 9.96. The number of aromatic nitrogens is 2. The Bertz CT molecular complexity index is 783. The molecule has 28 heavy (non-hydrogen) atoms. The number of rotatable bonds is 5. The zero-order valence-electron chi connectivity index (χ0n) is 15.8. The number of halogens is 1. The molecule has 148 valence electrons. The van der Waals surface area contributed by atoms with Gasteiger partial charge in [-0.3, -0.25) is 4.79 Å². The minimum Gasteiger partial charge on any atom is -0.376 e. The molecule has 2 saturated heterocycles. The smallest absolute Gasteiger partial charge is 0.223 e. The van der Waals surface area contributed by atoms with Crippen LogP contribution in [0.2, 0.25) is 0 Å². The van der Waals surface area contributed by atoms with Gasteiger partial charge in [-0.1, -0.05) is 0 Å². The number of piperidine rings is 1. The van der Waals surface area contributed by atoms with E-state index in [9.17, 15) is 9.18 Å². The second-order valence-electron chi connectivity index (χ2n) is 7.43. The molecule has 0 spiro atoms. The van der Waals surface area contributed by atoms with Crippen molar-refractivity contribution < 1.29 is 13.9 Å². The van der Waals surface area contributed by atoms with Crippen LogP contribution in [0.5, 0.6) is 0 Å². The van der Waals surface area contributed by atoms with Gasteiger partial charge in [0, 0.05) is 37.7 Å². The van der Waals surface area contributed by atoms with E-state index in [1.54, 1.807) is 12.1 Å². The predicted molar refractivity (Wildman–Crippen MR) is 104 cm³/mol. The lowest BCUT2D eigenvalue weighted by Crippen LogP contribution is -2.42. The molecule has 2 aliphatic heterocycles. The normalized spacial score (nSPS) is 20.3. The molecule has 0 bridgehead atoms. The van der Waals surface area contributed by atoms with Crippen molar-refractivity contribution in [2.75, 3.05) is 31.1 Å². The highest BCUT2D eigenvalue weighted by atomic mass is 19.1. The Labute approximate surface area is 164 Å². The van der Waals surface area contributed by atoms with Gasteiger partial charge in [-0.15, -0.1) is 10.2 Å². The number of nitrogens with one attached hydrogen (secondary N) is 1. The van der Waals surface area contributed by atoms with Crippen molar-refractivity contribution in [3.8, 4) is 11.3 Å². The molecule has 1 aromatic heterocycles. The summed E-state index contributed by atoms with van der Waals surface area (Å²) in [6, 6.07) is 10.1. The van der Waals surface area contributed by atoms with Gasteiger partial charge in [0.05, 0.1) is 11.8 Å². The molecule has 3 heterocycles. The monoisotopic (exact) mass is 384 g/mol. The first kappa shape index (κ1) is 18.8. The molecule has 1 aromatic carbocycles. The Morgan fingerprint density at radius 2 is 1.89 bits per heavy atom. The Kier molecular flexibility index (Phi) is 5.81. The van der Waals surface area contributed by atoms with E-state index in [2.05, 4.69) is 20.4 Å². The van der Waals surface area contributed by atoms with Gasteiger partial charge in [-0.25, -0.2) is 4.39 Å². The summed E-state index contributed by atoms with van der Waals surface area (Å²) in [5.74, 6) is 0.720. The number of carbonyl (C=O) groups excluding carboxylic acids is 1. The Hall–Kier alpha value is -2.54. The molecule has 7 heteroatoms. The van der Waals surface area contributed by atoms with Crippen molar-refractivity contribution in [1.82, 2.24) is 15.5 Å². The van der Waals surface area contributed by atoms with Gasteiger partial charge in [0.2, 0.25) is 5.91 Å². The SMILES string of the molecule is O=C(NCC1CCCO1)C1CCN(c2ccc(-c3ccc(F)cc3)nn2)CC1. The fourth-order valence-electron chi connectivity index (χ4n) is 3.80. The zero-order valence-corrected chi connectivity index (χ0v) is 15.8. The van der Waals surface area contributed by atoms with Gasteiger partial charge in [-0.2, -0.15) is 0 Å². The molecule has 1 amide bonds. The summed E-state index contributed by atoms with van der Waals surface area (Å²) < 4.78 is 18.6. The summed E-state index contributed by atoms with van der Waals surface area (Å²) in [5.41, 5.74) is 1.55. The average molecular weight is 384 g/mol. The minimum absolute atomic E-state index is 0.0455. The van der Waals surface area contributed by atoms with Crippen LogP contribution in [-0.2, 0) is 9.53 Å². The summed E-state index contributed by atoms with van der Waals surface area (Å²) in [5, 5.41) is 11.6. The molecule has 1 N–H and O–H groups in total. The molecular weight excluding hydrogens is 359 g/mol. The Balaban J connectivity index is 1.28. The van der Waals surface area contributed by atoms with Crippen molar-refractivity contribution in [2.24, 2.45) is 5.92 Å². The van der Waals surface area contributed by atoms with E-state index in [0.29, 0.717) is 12.2 Å². The molecule has 2 aliphatic rings. The van der Waals surface area contributed by atoms with E-state index in [1.165, 1.54) is 12.1 Å². The Morgan fingerprint density at radius 1 is 1.11 bits per heavy atom. The van der Waals surface area contributed by atoms with Gasteiger partial charge < -0.3 is 15.0 Å². The van der Waals surface area contributed by atoms with Crippen LogP contribution in [-0.4, -0.2) is 48.4 Å². The van der Waals surface area contributed by atoms with Crippen LogP contribution in [0.25, 0.3) is 11.3 Å². The van der Waals surface area contributed by atoms with E-state index >= 15 is 0 Å². The van der Waals surface area contributed by atoms with E-state index in [-0.39, 0.29) is 23.7 Å². The van der Waals surface area contributed by atoms with E-state index < -0.39 is 0 Å². The standard InChI is InChI=1S/C21H25FN4O2/c22-17-5-3-15(4-6-17)19-7-8-20(25-24-19)26-11-9-16(10-12-26)21(27)23-14-18-2-1-13-28-18/h3-8,16,18H,1-2,9-14H2,(H,23,27). The molecule has 0 saturated carbocycles. The molecule has 1 unspecified atom stereocenters. The van der Waals surface area contributed by atoms with E-state index in [1.807, 2.05) is 12.1 Å². The van der Waals surface area contributed by atoms with Crippen molar-refractivity contribution >= 4 is 11.7 Å². The highest BCUT2D eigenvalue weighted by Crippen LogP contribution is 2.24. The number of carbonyl (C=O) groups is 1. The summed E-state index contributed by atoms with van der Waals surface area (Å²) in [7, 11) is 0. The third-order valence-electron chi connectivity index (χ3n) is 5.51. The third kappa shape index (κ3) is 4.47. The second-order valence-corrected chi connectivity index (χ2v) is 7.43. The summed E-state index contributed by atoms with van der Waals surface area (Å²) in [6.07, 6.45) is 3.90. The summed E-state index contributed by atoms with van der Waals surface area (Å²) in [6.45, 7) is 2.99. The number of nitrogens with zero attached hydrogens (tertiary/aromatic N) is 3. The molecule has 4 rings (SSSR count). The third-order valence-corrected chi connectivity index (χ3v) is 5.51. The number of amides is 1. The van der Waals surface area contributed by atoms with Crippen LogP contribution in [0.4, 0.5) is 10.2 Å². The molecule has 0 aliphatic carbocycles. The minimum atomic E-state index is -0.268.